The second kappa shape index (κ2) is 6.90. The van der Waals surface area contributed by atoms with Crippen LogP contribution >= 0.6 is 11.3 Å². The lowest BCUT2D eigenvalue weighted by molar-refractivity contribution is -0.122. The van der Waals surface area contributed by atoms with Gasteiger partial charge >= 0.3 is 0 Å². The fourth-order valence-electron chi connectivity index (χ4n) is 2.48. The summed E-state index contributed by atoms with van der Waals surface area (Å²) < 4.78 is 0. The monoisotopic (exact) mass is 267 g/mol. The molecule has 1 aliphatic rings. The molecule has 0 aliphatic heterocycles. The summed E-state index contributed by atoms with van der Waals surface area (Å²) in [5.74, 6) is 0.611. The van der Waals surface area contributed by atoms with Gasteiger partial charge in [-0.2, -0.15) is 0 Å². The maximum atomic E-state index is 11.8. The maximum absolute atomic E-state index is 11.8. The van der Waals surface area contributed by atoms with Crippen molar-refractivity contribution in [1.29, 1.82) is 0 Å². The summed E-state index contributed by atoms with van der Waals surface area (Å²) in [4.78, 5) is 13.1. The van der Waals surface area contributed by atoms with E-state index in [4.69, 9.17) is 5.11 Å². The number of thiophene rings is 1. The first-order valence-electron chi connectivity index (χ1n) is 6.70. The number of aryl methyl sites for hydroxylation is 1. The van der Waals surface area contributed by atoms with Crippen LogP contribution in [0.4, 0.5) is 0 Å². The number of carbonyl (C=O) groups is 1. The number of carbonyl (C=O) groups excluding carboxylic acids is 1. The minimum Gasteiger partial charge on any atom is -0.396 e. The van der Waals surface area contributed by atoms with Crippen molar-refractivity contribution in [3.05, 3.63) is 22.4 Å². The summed E-state index contributed by atoms with van der Waals surface area (Å²) >= 11 is 1.71. The summed E-state index contributed by atoms with van der Waals surface area (Å²) in [5.41, 5.74) is 0. The van der Waals surface area contributed by atoms with Gasteiger partial charge in [-0.25, -0.2) is 0 Å². The van der Waals surface area contributed by atoms with E-state index in [1.807, 2.05) is 11.4 Å². The molecule has 1 aromatic heterocycles. The Morgan fingerprint density at radius 1 is 1.39 bits per heavy atom. The number of hydrogen-bond acceptors (Lipinski definition) is 3. The molecule has 18 heavy (non-hydrogen) atoms. The van der Waals surface area contributed by atoms with Crippen molar-refractivity contribution in [2.24, 2.45) is 5.92 Å². The van der Waals surface area contributed by atoms with E-state index in [1.165, 1.54) is 4.88 Å². The number of aliphatic hydroxyl groups is 1. The molecular formula is C14H21NO2S. The van der Waals surface area contributed by atoms with Crippen molar-refractivity contribution in [2.45, 2.75) is 44.6 Å². The Morgan fingerprint density at radius 3 is 2.78 bits per heavy atom. The first-order chi connectivity index (χ1) is 8.78. The van der Waals surface area contributed by atoms with E-state index in [0.717, 1.165) is 32.1 Å². The Labute approximate surface area is 112 Å². The van der Waals surface area contributed by atoms with Crippen molar-refractivity contribution in [3.63, 3.8) is 0 Å². The second-order valence-electron chi connectivity index (χ2n) is 5.05. The van der Waals surface area contributed by atoms with Crippen LogP contribution in [0.25, 0.3) is 0 Å². The van der Waals surface area contributed by atoms with Crippen LogP contribution in [0.2, 0.25) is 0 Å². The van der Waals surface area contributed by atoms with E-state index in [1.54, 1.807) is 11.3 Å². The second-order valence-corrected chi connectivity index (χ2v) is 6.08. The molecule has 4 heteroatoms. The molecule has 0 atom stereocenters. The molecule has 0 unspecified atom stereocenters. The first kappa shape index (κ1) is 13.6. The number of rotatable bonds is 5. The molecule has 1 fully saturated rings. The van der Waals surface area contributed by atoms with E-state index >= 15 is 0 Å². The zero-order valence-corrected chi connectivity index (χ0v) is 11.4. The molecule has 3 nitrogen and oxygen atoms in total. The van der Waals surface area contributed by atoms with E-state index in [9.17, 15) is 4.79 Å². The molecule has 100 valence electrons. The summed E-state index contributed by atoms with van der Waals surface area (Å²) in [6.07, 6.45) is 5.51. The fourth-order valence-corrected chi connectivity index (χ4v) is 3.19. The van der Waals surface area contributed by atoms with Crippen LogP contribution in [0.15, 0.2) is 17.5 Å². The van der Waals surface area contributed by atoms with Gasteiger partial charge in [0.25, 0.3) is 0 Å². The molecule has 1 amide bonds. The number of hydrogen-bond donors (Lipinski definition) is 2. The lowest BCUT2D eigenvalue weighted by atomic mass is 9.86. The number of nitrogens with one attached hydrogen (secondary N) is 1. The van der Waals surface area contributed by atoms with Crippen LogP contribution in [0.1, 0.15) is 37.0 Å². The third-order valence-corrected chi connectivity index (χ3v) is 4.58. The van der Waals surface area contributed by atoms with E-state index in [-0.39, 0.29) is 5.91 Å². The predicted octanol–water partition coefficient (Wildman–Crippen LogP) is 2.35. The van der Waals surface area contributed by atoms with E-state index < -0.39 is 0 Å². The Bertz CT molecular complexity index is 356. The average molecular weight is 267 g/mol. The SMILES string of the molecule is O=C(CCc1cccs1)NC1CCC(CO)CC1. The molecule has 1 aliphatic carbocycles. The standard InChI is InChI=1S/C14H21NO2S/c16-10-11-3-5-12(6-4-11)15-14(17)8-7-13-2-1-9-18-13/h1-2,9,11-12,16H,3-8,10H2,(H,15,17). The van der Waals surface area contributed by atoms with E-state index in [2.05, 4.69) is 11.4 Å². The molecule has 1 aromatic rings. The molecule has 0 aromatic carbocycles. The number of aliphatic hydroxyl groups excluding tert-OH is 1. The zero-order chi connectivity index (χ0) is 12.8. The van der Waals surface area contributed by atoms with Crippen molar-refractivity contribution in [1.82, 2.24) is 5.32 Å². The molecule has 0 saturated heterocycles. The highest BCUT2D eigenvalue weighted by atomic mass is 32.1. The van der Waals surface area contributed by atoms with Gasteiger partial charge in [-0.3, -0.25) is 4.79 Å². The molecule has 1 saturated carbocycles. The third-order valence-electron chi connectivity index (χ3n) is 3.65. The smallest absolute Gasteiger partial charge is 0.220 e. The summed E-state index contributed by atoms with van der Waals surface area (Å²) in [6, 6.07) is 4.42. The molecule has 2 N–H and O–H groups in total. The van der Waals surface area contributed by atoms with Gasteiger partial charge in [0.05, 0.1) is 0 Å². The molecular weight excluding hydrogens is 246 g/mol. The molecule has 1 heterocycles. The zero-order valence-electron chi connectivity index (χ0n) is 10.6. The van der Waals surface area contributed by atoms with Crippen LogP contribution in [-0.2, 0) is 11.2 Å². The Balaban J connectivity index is 1.65. The van der Waals surface area contributed by atoms with Gasteiger partial charge in [-0.1, -0.05) is 6.07 Å². The average Bonchev–Trinajstić information content (AvgIpc) is 2.90. The predicted molar refractivity (Wildman–Crippen MR) is 73.6 cm³/mol. The summed E-state index contributed by atoms with van der Waals surface area (Å²) in [7, 11) is 0. The molecule has 0 bridgehead atoms. The van der Waals surface area contributed by atoms with Crippen molar-refractivity contribution >= 4 is 17.2 Å². The van der Waals surface area contributed by atoms with Crippen LogP contribution < -0.4 is 5.32 Å². The fraction of sp³-hybridized carbons (Fsp3) is 0.643. The molecule has 0 radical (unpaired) electrons. The normalized spacial score (nSPS) is 23.8. The van der Waals surface area contributed by atoms with Crippen LogP contribution in [0, 0.1) is 5.92 Å². The molecule has 2 rings (SSSR count). The maximum Gasteiger partial charge on any atom is 0.220 e. The largest absolute Gasteiger partial charge is 0.396 e. The Kier molecular flexibility index (Phi) is 5.20. The van der Waals surface area contributed by atoms with Gasteiger partial charge in [0.2, 0.25) is 5.91 Å². The Hall–Kier alpha value is -0.870. The van der Waals surface area contributed by atoms with Gasteiger partial charge in [-0.15, -0.1) is 11.3 Å². The third kappa shape index (κ3) is 4.10. The number of amides is 1. The lowest BCUT2D eigenvalue weighted by Crippen LogP contribution is -2.38. The lowest BCUT2D eigenvalue weighted by Gasteiger charge is -2.27. The van der Waals surface area contributed by atoms with E-state index in [0.29, 0.717) is 25.0 Å². The van der Waals surface area contributed by atoms with Crippen molar-refractivity contribution in [2.75, 3.05) is 6.61 Å². The van der Waals surface area contributed by atoms with Crippen molar-refractivity contribution < 1.29 is 9.90 Å². The van der Waals surface area contributed by atoms with Crippen LogP contribution in [0.5, 0.6) is 0 Å². The van der Waals surface area contributed by atoms with Gasteiger partial charge in [0.15, 0.2) is 0 Å². The minimum absolute atomic E-state index is 0.163. The van der Waals surface area contributed by atoms with Gasteiger partial charge in [0.1, 0.15) is 0 Å². The van der Waals surface area contributed by atoms with Crippen LogP contribution in [0.3, 0.4) is 0 Å². The molecule has 0 spiro atoms. The van der Waals surface area contributed by atoms with Crippen molar-refractivity contribution in [3.8, 4) is 0 Å². The van der Waals surface area contributed by atoms with Crippen LogP contribution in [-0.4, -0.2) is 23.7 Å². The quantitative estimate of drug-likeness (QED) is 0.860. The highest BCUT2D eigenvalue weighted by Gasteiger charge is 2.21. The topological polar surface area (TPSA) is 49.3 Å². The summed E-state index contributed by atoms with van der Waals surface area (Å²) in [6.45, 7) is 0.291. The minimum atomic E-state index is 0.163. The van der Waals surface area contributed by atoms with Gasteiger partial charge in [0, 0.05) is 23.9 Å². The highest BCUT2D eigenvalue weighted by molar-refractivity contribution is 7.09. The van der Waals surface area contributed by atoms with Gasteiger partial charge in [-0.05, 0) is 49.5 Å². The van der Waals surface area contributed by atoms with Gasteiger partial charge < -0.3 is 10.4 Å². The Morgan fingerprint density at radius 2 is 2.17 bits per heavy atom. The summed E-state index contributed by atoms with van der Waals surface area (Å²) in [5, 5.41) is 14.2. The highest BCUT2D eigenvalue weighted by Crippen LogP contribution is 2.23. The first-order valence-corrected chi connectivity index (χ1v) is 7.58.